The number of aryl methyl sites for hydroxylation is 2. The lowest BCUT2D eigenvalue weighted by Gasteiger charge is -2.35. The highest BCUT2D eigenvalue weighted by Crippen LogP contribution is 2.17. The van der Waals surface area contributed by atoms with Crippen LogP contribution < -0.4 is 5.32 Å². The quantitative estimate of drug-likeness (QED) is 0.817. The number of carbonyl (C=O) groups is 1. The number of carbonyl (C=O) groups excluding carboxylic acids is 1. The van der Waals surface area contributed by atoms with Crippen molar-refractivity contribution in [3.05, 3.63) is 17.0 Å². The topological polar surface area (TPSA) is 61.6 Å². The first-order valence-electron chi connectivity index (χ1n) is 8.36. The highest BCUT2D eigenvalue weighted by atomic mass is 35.5. The second-order valence-electron chi connectivity index (χ2n) is 6.39. The van der Waals surface area contributed by atoms with Gasteiger partial charge in [-0.25, -0.2) is 0 Å². The number of thioether (sulfide) groups is 1. The number of aromatic nitrogens is 1. The van der Waals surface area contributed by atoms with E-state index in [2.05, 4.69) is 15.4 Å². The molecule has 0 aromatic carbocycles. The first-order valence-corrected chi connectivity index (χ1v) is 9.52. The molecule has 2 aliphatic heterocycles. The number of nitrogens with zero attached hydrogens (tertiary/aromatic N) is 3. The highest BCUT2D eigenvalue weighted by Gasteiger charge is 2.25. The van der Waals surface area contributed by atoms with Gasteiger partial charge in [-0.15, -0.1) is 24.8 Å². The molecule has 0 saturated carbocycles. The van der Waals surface area contributed by atoms with Gasteiger partial charge in [-0.1, -0.05) is 5.16 Å². The van der Waals surface area contributed by atoms with Gasteiger partial charge in [0.2, 0.25) is 5.91 Å². The predicted molar refractivity (Wildman–Crippen MR) is 106 cm³/mol. The fraction of sp³-hybridized carbons (Fsp3) is 0.750. The molecule has 1 unspecified atom stereocenters. The smallest absolute Gasteiger partial charge is 0.224 e. The Morgan fingerprint density at radius 3 is 2.56 bits per heavy atom. The molecule has 0 aliphatic carbocycles. The maximum Gasteiger partial charge on any atom is 0.224 e. The number of nitrogens with one attached hydrogen (secondary N) is 1. The summed E-state index contributed by atoms with van der Waals surface area (Å²) in [4.78, 5) is 16.8. The normalized spacial score (nSPS) is 21.4. The summed E-state index contributed by atoms with van der Waals surface area (Å²) in [6.45, 7) is 9.32. The molecule has 3 heterocycles. The minimum absolute atomic E-state index is 0. The Morgan fingerprint density at radius 1 is 1.28 bits per heavy atom. The van der Waals surface area contributed by atoms with Gasteiger partial charge in [0.1, 0.15) is 5.76 Å². The van der Waals surface area contributed by atoms with E-state index in [0.29, 0.717) is 18.4 Å². The van der Waals surface area contributed by atoms with Crippen molar-refractivity contribution in [2.24, 2.45) is 0 Å². The van der Waals surface area contributed by atoms with Crippen LogP contribution in [0.15, 0.2) is 4.52 Å². The summed E-state index contributed by atoms with van der Waals surface area (Å²) in [5.41, 5.74) is 2.16. The van der Waals surface area contributed by atoms with Gasteiger partial charge in [0.15, 0.2) is 0 Å². The lowest BCUT2D eigenvalue weighted by molar-refractivity contribution is -0.133. The van der Waals surface area contributed by atoms with Gasteiger partial charge in [-0.3, -0.25) is 9.69 Å². The molecule has 0 bridgehead atoms. The van der Waals surface area contributed by atoms with Gasteiger partial charge in [0.25, 0.3) is 0 Å². The standard InChI is InChI=1S/C16H26N4O2S.2ClH/c1-12-15(13(2)22-18-12)10-19-4-6-20(7-5-19)16(21)9-14-11-23-8-3-17-14;;/h14,17H,3-11H2,1-2H3;2*1H. The first-order chi connectivity index (χ1) is 11.1. The van der Waals surface area contributed by atoms with Crippen LogP contribution in [0.2, 0.25) is 0 Å². The highest BCUT2D eigenvalue weighted by molar-refractivity contribution is 7.99. The van der Waals surface area contributed by atoms with E-state index >= 15 is 0 Å². The molecule has 0 spiro atoms. The van der Waals surface area contributed by atoms with Gasteiger partial charge < -0.3 is 14.7 Å². The molecular weight excluding hydrogens is 383 g/mol. The van der Waals surface area contributed by atoms with Crippen LogP contribution in [0, 0.1) is 13.8 Å². The van der Waals surface area contributed by atoms with Crippen LogP contribution in [-0.4, -0.2) is 71.1 Å². The third kappa shape index (κ3) is 6.03. The zero-order valence-corrected chi connectivity index (χ0v) is 17.3. The third-order valence-corrected chi connectivity index (χ3v) is 5.84. The maximum absolute atomic E-state index is 12.4. The molecule has 144 valence electrons. The van der Waals surface area contributed by atoms with Crippen molar-refractivity contribution in [1.29, 1.82) is 0 Å². The SMILES string of the molecule is Cc1noc(C)c1CN1CCN(C(=O)CC2CSCCN2)CC1.Cl.Cl. The molecule has 1 amide bonds. The van der Waals surface area contributed by atoms with Crippen LogP contribution in [-0.2, 0) is 11.3 Å². The molecule has 9 heteroatoms. The van der Waals surface area contributed by atoms with Crippen LogP contribution in [0.1, 0.15) is 23.4 Å². The molecule has 1 atom stereocenters. The fourth-order valence-electron chi connectivity index (χ4n) is 3.20. The Balaban J connectivity index is 0.00000156. The summed E-state index contributed by atoms with van der Waals surface area (Å²) in [5, 5.41) is 7.46. The lowest BCUT2D eigenvalue weighted by atomic mass is 10.1. The lowest BCUT2D eigenvalue weighted by Crippen LogP contribution is -2.50. The zero-order chi connectivity index (χ0) is 16.2. The summed E-state index contributed by atoms with van der Waals surface area (Å²) < 4.78 is 5.23. The van der Waals surface area contributed by atoms with Crippen LogP contribution in [0.4, 0.5) is 0 Å². The van der Waals surface area contributed by atoms with E-state index in [4.69, 9.17) is 4.52 Å². The number of hydrogen-bond donors (Lipinski definition) is 1. The molecule has 2 fully saturated rings. The Morgan fingerprint density at radius 2 is 2.00 bits per heavy atom. The van der Waals surface area contributed by atoms with Crippen molar-refractivity contribution in [2.45, 2.75) is 32.9 Å². The van der Waals surface area contributed by atoms with Crippen LogP contribution in [0.25, 0.3) is 0 Å². The van der Waals surface area contributed by atoms with Crippen LogP contribution in [0.3, 0.4) is 0 Å². The predicted octanol–water partition coefficient (Wildman–Crippen LogP) is 1.87. The van der Waals surface area contributed by atoms with E-state index < -0.39 is 0 Å². The summed E-state index contributed by atoms with van der Waals surface area (Å²) in [5.74, 6) is 3.41. The van der Waals surface area contributed by atoms with Gasteiger partial charge in [-0.2, -0.15) is 11.8 Å². The molecule has 2 aliphatic rings. The maximum atomic E-state index is 12.4. The Labute approximate surface area is 166 Å². The minimum atomic E-state index is 0. The van der Waals surface area contributed by atoms with Crippen LogP contribution in [0.5, 0.6) is 0 Å². The van der Waals surface area contributed by atoms with Crippen molar-refractivity contribution in [2.75, 3.05) is 44.2 Å². The largest absolute Gasteiger partial charge is 0.361 e. The average molecular weight is 411 g/mol. The van der Waals surface area contributed by atoms with Crippen molar-refractivity contribution >= 4 is 42.5 Å². The summed E-state index contributed by atoms with van der Waals surface area (Å²) in [6, 6.07) is 0.349. The molecule has 3 rings (SSSR count). The number of rotatable bonds is 4. The third-order valence-electron chi connectivity index (χ3n) is 4.71. The van der Waals surface area contributed by atoms with E-state index in [9.17, 15) is 4.79 Å². The molecule has 2 saturated heterocycles. The van der Waals surface area contributed by atoms with Crippen molar-refractivity contribution in [1.82, 2.24) is 20.3 Å². The van der Waals surface area contributed by atoms with Gasteiger partial charge in [-0.05, 0) is 13.8 Å². The summed E-state index contributed by atoms with van der Waals surface area (Å²) in [7, 11) is 0. The molecule has 6 nitrogen and oxygen atoms in total. The van der Waals surface area contributed by atoms with Crippen molar-refractivity contribution in [3.63, 3.8) is 0 Å². The second-order valence-corrected chi connectivity index (χ2v) is 7.54. The Hall–Kier alpha value is -0.470. The van der Waals surface area contributed by atoms with Crippen LogP contribution >= 0.6 is 36.6 Å². The first kappa shape index (κ1) is 22.6. The van der Waals surface area contributed by atoms with Gasteiger partial charge in [0, 0.05) is 68.8 Å². The number of halogens is 2. The van der Waals surface area contributed by atoms with E-state index in [1.54, 1.807) is 0 Å². The minimum Gasteiger partial charge on any atom is -0.361 e. The average Bonchev–Trinajstić information content (AvgIpc) is 2.88. The number of hydrogen-bond acceptors (Lipinski definition) is 6. The molecule has 1 aromatic heterocycles. The summed E-state index contributed by atoms with van der Waals surface area (Å²) >= 11 is 1.94. The fourth-order valence-corrected chi connectivity index (χ4v) is 4.15. The van der Waals surface area contributed by atoms with Crippen molar-refractivity contribution < 1.29 is 9.32 Å². The van der Waals surface area contributed by atoms with E-state index in [1.165, 1.54) is 5.56 Å². The monoisotopic (exact) mass is 410 g/mol. The molecule has 25 heavy (non-hydrogen) atoms. The molecule has 1 aromatic rings. The number of piperazine rings is 1. The molecule has 0 radical (unpaired) electrons. The molecule has 1 N–H and O–H groups in total. The molecular formula is C16H28Cl2N4O2S. The Bertz CT molecular complexity index is 525. The van der Waals surface area contributed by atoms with E-state index in [0.717, 1.165) is 62.2 Å². The zero-order valence-electron chi connectivity index (χ0n) is 14.8. The van der Waals surface area contributed by atoms with E-state index in [-0.39, 0.29) is 24.8 Å². The van der Waals surface area contributed by atoms with Crippen molar-refractivity contribution in [3.8, 4) is 0 Å². The van der Waals surface area contributed by atoms with E-state index in [1.807, 2.05) is 30.5 Å². The van der Waals surface area contributed by atoms with Gasteiger partial charge in [0.05, 0.1) is 5.69 Å². The Kier molecular flexibility index (Phi) is 9.59. The summed E-state index contributed by atoms with van der Waals surface area (Å²) in [6.07, 6.45) is 0.636. The second kappa shape index (κ2) is 10.6. The van der Waals surface area contributed by atoms with Gasteiger partial charge >= 0.3 is 0 Å². The number of amides is 1.